The number of nitrogens with two attached hydrogens (primary N) is 1. The normalized spacial score (nSPS) is 24.3. The van der Waals surface area contributed by atoms with Crippen LogP contribution in [0, 0.1) is 5.92 Å². The van der Waals surface area contributed by atoms with E-state index >= 15 is 0 Å². The molecule has 0 aromatic carbocycles. The van der Waals surface area contributed by atoms with Crippen molar-refractivity contribution in [2.75, 3.05) is 20.2 Å². The van der Waals surface area contributed by atoms with E-state index in [0.29, 0.717) is 24.7 Å². The van der Waals surface area contributed by atoms with Crippen molar-refractivity contribution in [2.45, 2.75) is 26.0 Å². The number of hydrogen-bond donors (Lipinski definition) is 1. The molecular formula is C12H19N3O2S. The molecule has 0 saturated carbocycles. The summed E-state index contributed by atoms with van der Waals surface area (Å²) in [6.45, 7) is 3.96. The smallest absolute Gasteiger partial charge is 0.273 e. The molecule has 2 heterocycles. The number of likely N-dealkylation sites (tertiary alicyclic amines) is 1. The third-order valence-electron chi connectivity index (χ3n) is 3.42. The van der Waals surface area contributed by atoms with Gasteiger partial charge in [0.1, 0.15) is 10.7 Å². The zero-order chi connectivity index (χ0) is 13.1. The maximum Gasteiger partial charge on any atom is 0.273 e. The first-order valence-electron chi connectivity index (χ1n) is 6.12. The predicted octanol–water partition coefficient (Wildman–Crippen LogP) is 1.10. The van der Waals surface area contributed by atoms with Gasteiger partial charge in [-0.3, -0.25) is 4.79 Å². The van der Waals surface area contributed by atoms with Crippen LogP contribution in [-0.4, -0.2) is 42.1 Å². The van der Waals surface area contributed by atoms with Crippen molar-refractivity contribution in [3.63, 3.8) is 0 Å². The lowest BCUT2D eigenvalue weighted by atomic mass is 9.95. The van der Waals surface area contributed by atoms with Crippen molar-refractivity contribution in [1.82, 2.24) is 9.88 Å². The van der Waals surface area contributed by atoms with E-state index < -0.39 is 0 Å². The van der Waals surface area contributed by atoms with Crippen LogP contribution >= 0.6 is 11.3 Å². The van der Waals surface area contributed by atoms with E-state index in [1.54, 1.807) is 12.5 Å². The Bertz CT molecular complexity index is 421. The third kappa shape index (κ3) is 2.71. The lowest BCUT2D eigenvalue weighted by molar-refractivity contribution is -0.00175. The molecule has 0 radical (unpaired) electrons. The molecule has 2 N–H and O–H groups in total. The first kappa shape index (κ1) is 13.5. The van der Waals surface area contributed by atoms with Gasteiger partial charge in [-0.05, 0) is 12.3 Å². The Balaban J connectivity index is 2.05. The highest BCUT2D eigenvalue weighted by Gasteiger charge is 2.30. The zero-order valence-corrected chi connectivity index (χ0v) is 11.6. The molecule has 5 nitrogen and oxygen atoms in total. The van der Waals surface area contributed by atoms with E-state index in [1.165, 1.54) is 11.3 Å². The molecule has 2 unspecified atom stereocenters. The highest BCUT2D eigenvalue weighted by atomic mass is 32.1. The SMILES string of the molecule is COC1CN(C(=O)c2csc(CN)n2)CCC1C. The van der Waals surface area contributed by atoms with Crippen LogP contribution in [0.4, 0.5) is 0 Å². The Hall–Kier alpha value is -0.980. The summed E-state index contributed by atoms with van der Waals surface area (Å²) in [7, 11) is 1.70. The maximum absolute atomic E-state index is 12.3. The molecule has 0 aliphatic carbocycles. The number of carbonyl (C=O) groups excluding carboxylic acids is 1. The number of rotatable bonds is 3. The van der Waals surface area contributed by atoms with E-state index in [1.807, 2.05) is 4.90 Å². The topological polar surface area (TPSA) is 68.5 Å². The van der Waals surface area contributed by atoms with Crippen molar-refractivity contribution in [2.24, 2.45) is 11.7 Å². The minimum Gasteiger partial charge on any atom is -0.379 e. The number of hydrogen-bond acceptors (Lipinski definition) is 5. The molecule has 1 aromatic heterocycles. The zero-order valence-electron chi connectivity index (χ0n) is 10.8. The molecule has 2 rings (SSSR count). The second-order valence-electron chi connectivity index (χ2n) is 4.62. The molecule has 1 fully saturated rings. The molecule has 1 saturated heterocycles. The molecule has 0 spiro atoms. The molecule has 18 heavy (non-hydrogen) atoms. The summed E-state index contributed by atoms with van der Waals surface area (Å²) >= 11 is 1.43. The molecule has 1 amide bonds. The minimum atomic E-state index is -0.0140. The van der Waals surface area contributed by atoms with Crippen LogP contribution in [0.15, 0.2) is 5.38 Å². The predicted molar refractivity (Wildman–Crippen MR) is 70.5 cm³/mol. The summed E-state index contributed by atoms with van der Waals surface area (Å²) in [4.78, 5) is 18.3. The van der Waals surface area contributed by atoms with Gasteiger partial charge in [0.25, 0.3) is 5.91 Å². The van der Waals surface area contributed by atoms with Crippen molar-refractivity contribution >= 4 is 17.2 Å². The molecule has 1 aliphatic heterocycles. The van der Waals surface area contributed by atoms with Crippen LogP contribution in [0.25, 0.3) is 0 Å². The van der Waals surface area contributed by atoms with Crippen LogP contribution < -0.4 is 5.73 Å². The maximum atomic E-state index is 12.3. The highest BCUT2D eigenvalue weighted by molar-refractivity contribution is 7.09. The fourth-order valence-corrected chi connectivity index (χ4v) is 2.84. The molecular weight excluding hydrogens is 250 g/mol. The van der Waals surface area contributed by atoms with E-state index in [2.05, 4.69) is 11.9 Å². The number of piperidine rings is 1. The summed E-state index contributed by atoms with van der Waals surface area (Å²) in [5, 5.41) is 2.58. The summed E-state index contributed by atoms with van der Waals surface area (Å²) < 4.78 is 5.41. The second-order valence-corrected chi connectivity index (χ2v) is 5.56. The summed E-state index contributed by atoms with van der Waals surface area (Å²) in [5.41, 5.74) is 6.01. The van der Waals surface area contributed by atoms with Gasteiger partial charge < -0.3 is 15.4 Å². The first-order chi connectivity index (χ1) is 8.65. The van der Waals surface area contributed by atoms with Gasteiger partial charge in [-0.25, -0.2) is 4.98 Å². The molecule has 100 valence electrons. The number of carbonyl (C=O) groups is 1. The minimum absolute atomic E-state index is 0.0140. The molecule has 6 heteroatoms. The Morgan fingerprint density at radius 1 is 1.72 bits per heavy atom. The fraction of sp³-hybridized carbons (Fsp3) is 0.667. The highest BCUT2D eigenvalue weighted by Crippen LogP contribution is 2.21. The van der Waals surface area contributed by atoms with E-state index in [9.17, 15) is 4.79 Å². The first-order valence-corrected chi connectivity index (χ1v) is 7.00. The van der Waals surface area contributed by atoms with E-state index in [0.717, 1.165) is 18.0 Å². The number of methoxy groups -OCH3 is 1. The molecule has 1 aliphatic rings. The number of amides is 1. The fourth-order valence-electron chi connectivity index (χ4n) is 2.19. The molecule has 1 aromatic rings. The third-order valence-corrected chi connectivity index (χ3v) is 4.30. The number of aromatic nitrogens is 1. The van der Waals surface area contributed by atoms with Crippen LogP contribution in [0.3, 0.4) is 0 Å². The van der Waals surface area contributed by atoms with E-state index in [-0.39, 0.29) is 12.0 Å². The summed E-state index contributed by atoms with van der Waals surface area (Å²) in [6.07, 6.45) is 1.09. The molecule has 0 bridgehead atoms. The second kappa shape index (κ2) is 5.77. The molecule has 2 atom stereocenters. The Morgan fingerprint density at radius 2 is 2.50 bits per heavy atom. The van der Waals surface area contributed by atoms with Crippen LogP contribution in [0.5, 0.6) is 0 Å². The van der Waals surface area contributed by atoms with Crippen molar-refractivity contribution in [3.8, 4) is 0 Å². The van der Waals surface area contributed by atoms with Gasteiger partial charge in [-0.1, -0.05) is 6.92 Å². The van der Waals surface area contributed by atoms with Crippen LogP contribution in [0.2, 0.25) is 0 Å². The van der Waals surface area contributed by atoms with Gasteiger partial charge in [0, 0.05) is 32.1 Å². The average molecular weight is 269 g/mol. The lowest BCUT2D eigenvalue weighted by Gasteiger charge is -2.35. The van der Waals surface area contributed by atoms with Crippen molar-refractivity contribution in [3.05, 3.63) is 16.1 Å². The van der Waals surface area contributed by atoms with Gasteiger partial charge in [0.05, 0.1) is 6.10 Å². The lowest BCUT2D eigenvalue weighted by Crippen LogP contribution is -2.46. The van der Waals surface area contributed by atoms with Gasteiger partial charge >= 0.3 is 0 Å². The van der Waals surface area contributed by atoms with Gasteiger partial charge in [0.2, 0.25) is 0 Å². The van der Waals surface area contributed by atoms with Crippen LogP contribution in [0.1, 0.15) is 28.8 Å². The number of nitrogens with zero attached hydrogens (tertiary/aromatic N) is 2. The standard InChI is InChI=1S/C12H19N3O2S/c1-8-3-4-15(6-10(8)17-2)12(16)9-7-18-11(5-13)14-9/h7-8,10H,3-6,13H2,1-2H3. The number of ether oxygens (including phenoxy) is 1. The van der Waals surface area contributed by atoms with E-state index in [4.69, 9.17) is 10.5 Å². The monoisotopic (exact) mass is 269 g/mol. The Kier molecular flexibility index (Phi) is 4.31. The quantitative estimate of drug-likeness (QED) is 0.892. The summed E-state index contributed by atoms with van der Waals surface area (Å²) in [5.74, 6) is 0.481. The largest absolute Gasteiger partial charge is 0.379 e. The Labute approximate surface area is 111 Å². The van der Waals surface area contributed by atoms with Gasteiger partial charge in [-0.2, -0.15) is 0 Å². The van der Waals surface area contributed by atoms with Gasteiger partial charge in [0.15, 0.2) is 0 Å². The number of thiazole rings is 1. The summed E-state index contributed by atoms with van der Waals surface area (Å²) in [6, 6.07) is 0. The Morgan fingerprint density at radius 3 is 3.11 bits per heavy atom. The van der Waals surface area contributed by atoms with Crippen LogP contribution in [-0.2, 0) is 11.3 Å². The van der Waals surface area contributed by atoms with Gasteiger partial charge in [-0.15, -0.1) is 11.3 Å². The average Bonchev–Trinajstić information content (AvgIpc) is 2.87. The van der Waals surface area contributed by atoms with Crippen molar-refractivity contribution < 1.29 is 9.53 Å². The van der Waals surface area contributed by atoms with Crippen molar-refractivity contribution in [1.29, 1.82) is 0 Å².